The Morgan fingerprint density at radius 1 is 0.700 bits per heavy atom. The second-order valence-corrected chi connectivity index (χ2v) is 4.21. The van der Waals surface area contributed by atoms with E-state index in [1.807, 2.05) is 36.7 Å². The van der Waals surface area contributed by atoms with E-state index in [1.54, 1.807) is 40.7 Å². The van der Waals surface area contributed by atoms with Crippen molar-refractivity contribution in [1.29, 1.82) is 0 Å². The first-order chi connectivity index (χ1) is 9.25. The smallest absolute Gasteiger partial charge is 0.136 e. The number of phenolic OH excluding ortho intramolecular Hbond substituents is 2. The number of rotatable bonds is 2. The minimum absolute atomic E-state index is 0. The molecule has 2 aromatic rings. The maximum absolute atomic E-state index is 9.82. The van der Waals surface area contributed by atoms with E-state index in [0.717, 1.165) is 0 Å². The van der Waals surface area contributed by atoms with Crippen molar-refractivity contribution in [2.75, 3.05) is 9.80 Å². The number of anilines is 2. The third-order valence-electron chi connectivity index (χ3n) is 2.96. The molecule has 0 aliphatic carbocycles. The number of para-hydroxylation sites is 4. The second-order valence-electron chi connectivity index (χ2n) is 4.21. The Kier molecular flexibility index (Phi) is 4.37. The fraction of sp³-hybridized carbons (Fsp3) is 0. The van der Waals surface area contributed by atoms with Crippen molar-refractivity contribution < 1.29 is 31.9 Å². The van der Waals surface area contributed by atoms with Crippen LogP contribution in [0.25, 0.3) is 0 Å². The van der Waals surface area contributed by atoms with Gasteiger partial charge in [0, 0.05) is 21.7 Å². The molecule has 0 fully saturated rings. The summed E-state index contributed by atoms with van der Waals surface area (Å²) in [5.74, 6) is 0.421. The SMILES string of the molecule is Oc1ccccc1N1C=CN(c2ccccc2O)[CH-]1.[Ti]. The summed E-state index contributed by atoms with van der Waals surface area (Å²) in [4.78, 5) is 3.59. The molecule has 0 bridgehead atoms. The molecule has 100 valence electrons. The quantitative estimate of drug-likeness (QED) is 0.661. The van der Waals surface area contributed by atoms with Crippen LogP contribution in [0.5, 0.6) is 11.5 Å². The molecule has 2 aromatic carbocycles. The van der Waals surface area contributed by atoms with E-state index in [2.05, 4.69) is 0 Å². The Balaban J connectivity index is 0.00000147. The van der Waals surface area contributed by atoms with Crippen molar-refractivity contribution in [2.24, 2.45) is 0 Å². The molecule has 0 aromatic heterocycles. The van der Waals surface area contributed by atoms with Crippen molar-refractivity contribution in [3.05, 3.63) is 67.6 Å². The molecule has 1 aliphatic rings. The normalized spacial score (nSPS) is 13.4. The summed E-state index contributed by atoms with van der Waals surface area (Å²) in [6.07, 6.45) is 3.64. The van der Waals surface area contributed by atoms with Crippen molar-refractivity contribution in [1.82, 2.24) is 0 Å². The van der Waals surface area contributed by atoms with Crippen LogP contribution >= 0.6 is 0 Å². The molecule has 5 heteroatoms. The van der Waals surface area contributed by atoms with Gasteiger partial charge in [-0.2, -0.15) is 0 Å². The van der Waals surface area contributed by atoms with Crippen LogP contribution in [0.15, 0.2) is 60.9 Å². The van der Waals surface area contributed by atoms with Crippen molar-refractivity contribution in [2.45, 2.75) is 0 Å². The first-order valence-corrected chi connectivity index (χ1v) is 5.92. The summed E-state index contributed by atoms with van der Waals surface area (Å²) in [5, 5.41) is 19.6. The average molecular weight is 301 g/mol. The van der Waals surface area contributed by atoms with Gasteiger partial charge in [0.15, 0.2) is 0 Å². The van der Waals surface area contributed by atoms with Crippen molar-refractivity contribution in [3.8, 4) is 11.5 Å². The molecule has 0 saturated heterocycles. The summed E-state index contributed by atoms with van der Waals surface area (Å²) in [7, 11) is 0. The molecular formula is C15H13N2O2Ti-. The largest absolute Gasteiger partial charge is 0.506 e. The molecule has 1 heterocycles. The fourth-order valence-electron chi connectivity index (χ4n) is 2.00. The van der Waals surface area contributed by atoms with Gasteiger partial charge < -0.3 is 20.0 Å². The van der Waals surface area contributed by atoms with Gasteiger partial charge in [0.25, 0.3) is 0 Å². The van der Waals surface area contributed by atoms with Crippen LogP contribution in [0, 0.1) is 6.67 Å². The molecule has 20 heavy (non-hydrogen) atoms. The molecule has 0 spiro atoms. The fourth-order valence-corrected chi connectivity index (χ4v) is 2.00. The molecular weight excluding hydrogens is 288 g/mol. The van der Waals surface area contributed by atoms with E-state index in [9.17, 15) is 10.2 Å². The van der Waals surface area contributed by atoms with Gasteiger partial charge in [0.05, 0.1) is 11.4 Å². The monoisotopic (exact) mass is 301 g/mol. The van der Waals surface area contributed by atoms with Crippen LogP contribution in [0.1, 0.15) is 0 Å². The summed E-state index contributed by atoms with van der Waals surface area (Å²) in [5.41, 5.74) is 1.38. The van der Waals surface area contributed by atoms with E-state index < -0.39 is 0 Å². The summed E-state index contributed by atoms with van der Waals surface area (Å²) < 4.78 is 0. The van der Waals surface area contributed by atoms with Crippen molar-refractivity contribution >= 4 is 11.4 Å². The van der Waals surface area contributed by atoms with E-state index in [0.29, 0.717) is 11.4 Å². The topological polar surface area (TPSA) is 46.9 Å². The van der Waals surface area contributed by atoms with Gasteiger partial charge in [0.1, 0.15) is 11.5 Å². The maximum atomic E-state index is 9.82. The minimum Gasteiger partial charge on any atom is -0.506 e. The second kappa shape index (κ2) is 6.03. The molecule has 3 rings (SSSR count). The third-order valence-corrected chi connectivity index (χ3v) is 2.96. The van der Waals surface area contributed by atoms with Crippen LogP contribution in [0.2, 0.25) is 0 Å². The van der Waals surface area contributed by atoms with Crippen LogP contribution in [0.4, 0.5) is 11.4 Å². The van der Waals surface area contributed by atoms with Crippen LogP contribution in [0.3, 0.4) is 0 Å². The maximum Gasteiger partial charge on any atom is 0.136 e. The third kappa shape index (κ3) is 2.66. The Labute approximate surface area is 132 Å². The van der Waals surface area contributed by atoms with E-state index in [1.165, 1.54) is 0 Å². The number of phenols is 2. The van der Waals surface area contributed by atoms with Crippen molar-refractivity contribution in [3.63, 3.8) is 0 Å². The van der Waals surface area contributed by atoms with Gasteiger partial charge in [-0.15, -0.1) is 6.67 Å². The van der Waals surface area contributed by atoms with E-state index in [4.69, 9.17) is 0 Å². The number of benzene rings is 2. The van der Waals surface area contributed by atoms with E-state index >= 15 is 0 Å². The average Bonchev–Trinajstić information content (AvgIpc) is 2.89. The minimum atomic E-state index is 0. The zero-order chi connectivity index (χ0) is 13.2. The van der Waals surface area contributed by atoms with Crippen LogP contribution in [-0.2, 0) is 21.7 Å². The molecule has 4 nitrogen and oxygen atoms in total. The molecule has 2 N–H and O–H groups in total. The Morgan fingerprint density at radius 2 is 1.10 bits per heavy atom. The number of hydrogen-bond donors (Lipinski definition) is 2. The first-order valence-electron chi connectivity index (χ1n) is 5.92. The molecule has 0 amide bonds. The Bertz CT molecular complexity index is 577. The van der Waals surface area contributed by atoms with Crippen LogP contribution in [-0.4, -0.2) is 10.2 Å². The Hall–Kier alpha value is -1.91. The van der Waals surface area contributed by atoms with Gasteiger partial charge in [-0.05, 0) is 36.7 Å². The number of hydrogen-bond acceptors (Lipinski definition) is 4. The zero-order valence-corrected chi connectivity index (χ0v) is 12.2. The number of aromatic hydroxyl groups is 2. The zero-order valence-electron chi connectivity index (χ0n) is 10.6. The van der Waals surface area contributed by atoms with Gasteiger partial charge in [0.2, 0.25) is 0 Å². The first kappa shape index (κ1) is 14.5. The molecule has 0 atom stereocenters. The van der Waals surface area contributed by atoms with Gasteiger partial charge >= 0.3 is 0 Å². The van der Waals surface area contributed by atoms with Gasteiger partial charge in [-0.1, -0.05) is 24.3 Å². The van der Waals surface area contributed by atoms with Gasteiger partial charge in [-0.3, -0.25) is 0 Å². The molecule has 1 aliphatic heterocycles. The number of nitrogens with zero attached hydrogens (tertiary/aromatic N) is 2. The standard InChI is InChI=1S/C15H13N2O2.Ti/c18-14-7-3-1-5-12(14)16-9-10-17(11-16)13-6-2-4-8-15(13)19;/h1-11,18-19H;/q-1;. The van der Waals surface area contributed by atoms with Crippen LogP contribution < -0.4 is 9.80 Å². The Morgan fingerprint density at radius 3 is 1.50 bits per heavy atom. The predicted molar refractivity (Wildman–Crippen MR) is 74.6 cm³/mol. The summed E-state index contributed by atoms with van der Waals surface area (Å²) in [6.45, 7) is 1.80. The molecule has 0 unspecified atom stereocenters. The summed E-state index contributed by atoms with van der Waals surface area (Å²) >= 11 is 0. The molecule has 0 saturated carbocycles. The molecule has 0 radical (unpaired) electrons. The van der Waals surface area contributed by atoms with E-state index in [-0.39, 0.29) is 33.2 Å². The summed E-state index contributed by atoms with van der Waals surface area (Å²) in [6, 6.07) is 14.2. The van der Waals surface area contributed by atoms with Gasteiger partial charge in [-0.25, -0.2) is 0 Å². The predicted octanol–water partition coefficient (Wildman–Crippen LogP) is 3.01.